The van der Waals surface area contributed by atoms with Crippen molar-refractivity contribution in [2.24, 2.45) is 5.92 Å². The second-order valence-electron chi connectivity index (χ2n) is 6.75. The molecule has 0 aromatic heterocycles. The molecule has 2 fully saturated rings. The zero-order valence-corrected chi connectivity index (χ0v) is 13.5. The molecule has 1 saturated heterocycles. The van der Waals surface area contributed by atoms with Gasteiger partial charge in [-0.2, -0.15) is 0 Å². The summed E-state index contributed by atoms with van der Waals surface area (Å²) in [5.74, 6) is 0.948. The van der Waals surface area contributed by atoms with E-state index in [1.807, 2.05) is 0 Å². The summed E-state index contributed by atoms with van der Waals surface area (Å²) in [5, 5.41) is 3.58. The normalized spacial score (nSPS) is 25.7. The highest BCUT2D eigenvalue weighted by Gasteiger charge is 2.33. The quantitative estimate of drug-likeness (QED) is 0.810. The summed E-state index contributed by atoms with van der Waals surface area (Å²) in [6, 6.07) is 9.87. The Morgan fingerprint density at radius 1 is 1.10 bits per heavy atom. The number of rotatable bonds is 5. The Hall–Kier alpha value is -1.02. The van der Waals surface area contributed by atoms with Crippen molar-refractivity contribution in [3.63, 3.8) is 0 Å². The summed E-state index contributed by atoms with van der Waals surface area (Å²) >= 11 is 0. The average molecular weight is 286 g/mol. The Morgan fingerprint density at radius 3 is 2.81 bits per heavy atom. The van der Waals surface area contributed by atoms with Gasteiger partial charge in [-0.25, -0.2) is 0 Å². The Balaban J connectivity index is 1.78. The topological polar surface area (TPSA) is 15.3 Å². The maximum Gasteiger partial charge on any atom is 0.0414 e. The van der Waals surface area contributed by atoms with Crippen molar-refractivity contribution >= 4 is 5.69 Å². The van der Waals surface area contributed by atoms with Crippen LogP contribution in [0.15, 0.2) is 24.3 Å². The average Bonchev–Trinajstić information content (AvgIpc) is 2.55. The predicted molar refractivity (Wildman–Crippen MR) is 90.8 cm³/mol. The molecule has 3 rings (SSSR count). The zero-order chi connectivity index (χ0) is 14.5. The van der Waals surface area contributed by atoms with Crippen LogP contribution in [0.4, 0.5) is 5.69 Å². The van der Waals surface area contributed by atoms with E-state index in [0.29, 0.717) is 0 Å². The SMILES string of the molecule is CCCNCc1ccccc1N1CCCC2CCCCC21. The van der Waals surface area contributed by atoms with Gasteiger partial charge in [0.15, 0.2) is 0 Å². The van der Waals surface area contributed by atoms with Crippen LogP contribution in [0.5, 0.6) is 0 Å². The van der Waals surface area contributed by atoms with Gasteiger partial charge in [-0.3, -0.25) is 0 Å². The summed E-state index contributed by atoms with van der Waals surface area (Å²) in [4.78, 5) is 2.75. The van der Waals surface area contributed by atoms with Crippen molar-refractivity contribution < 1.29 is 0 Å². The number of nitrogens with zero attached hydrogens (tertiary/aromatic N) is 1. The third-order valence-corrected chi connectivity index (χ3v) is 5.29. The van der Waals surface area contributed by atoms with Crippen LogP contribution in [0.25, 0.3) is 0 Å². The third-order valence-electron chi connectivity index (χ3n) is 5.29. The number of piperidine rings is 1. The molecule has 1 aliphatic heterocycles. The van der Waals surface area contributed by atoms with Gasteiger partial charge in [0.2, 0.25) is 0 Å². The van der Waals surface area contributed by atoms with Crippen LogP contribution in [0, 0.1) is 5.92 Å². The molecule has 0 amide bonds. The van der Waals surface area contributed by atoms with Gasteiger partial charge in [-0.1, -0.05) is 38.0 Å². The molecule has 2 unspecified atom stereocenters. The number of hydrogen-bond donors (Lipinski definition) is 1. The predicted octanol–water partition coefficient (Wildman–Crippen LogP) is 4.35. The van der Waals surface area contributed by atoms with E-state index in [1.54, 1.807) is 0 Å². The fraction of sp³-hybridized carbons (Fsp3) is 0.684. The number of nitrogens with one attached hydrogen (secondary N) is 1. The Morgan fingerprint density at radius 2 is 1.90 bits per heavy atom. The molecule has 0 radical (unpaired) electrons. The summed E-state index contributed by atoms with van der Waals surface area (Å²) in [5.41, 5.74) is 2.98. The molecule has 116 valence electrons. The van der Waals surface area contributed by atoms with Crippen LogP contribution in [0.3, 0.4) is 0 Å². The fourth-order valence-electron chi connectivity index (χ4n) is 4.26. The minimum atomic E-state index is 0.805. The summed E-state index contributed by atoms with van der Waals surface area (Å²) in [6.07, 6.45) is 9.77. The van der Waals surface area contributed by atoms with Gasteiger partial charge in [0.1, 0.15) is 0 Å². The minimum absolute atomic E-state index is 0.805. The molecule has 2 heteroatoms. The van der Waals surface area contributed by atoms with Gasteiger partial charge in [0.25, 0.3) is 0 Å². The first-order chi connectivity index (χ1) is 10.4. The van der Waals surface area contributed by atoms with Gasteiger partial charge in [0.05, 0.1) is 0 Å². The van der Waals surface area contributed by atoms with E-state index in [4.69, 9.17) is 0 Å². The molecule has 1 aromatic rings. The largest absolute Gasteiger partial charge is 0.368 e. The second-order valence-corrected chi connectivity index (χ2v) is 6.75. The molecule has 0 bridgehead atoms. The summed E-state index contributed by atoms with van der Waals surface area (Å²) < 4.78 is 0. The van der Waals surface area contributed by atoms with E-state index in [2.05, 4.69) is 41.4 Å². The van der Waals surface area contributed by atoms with Crippen molar-refractivity contribution in [2.75, 3.05) is 18.0 Å². The lowest BCUT2D eigenvalue weighted by molar-refractivity contribution is 0.243. The smallest absolute Gasteiger partial charge is 0.0414 e. The van der Waals surface area contributed by atoms with Gasteiger partial charge >= 0.3 is 0 Å². The first-order valence-electron chi connectivity index (χ1n) is 8.95. The van der Waals surface area contributed by atoms with E-state index in [-0.39, 0.29) is 0 Å². The molecular weight excluding hydrogens is 256 g/mol. The third kappa shape index (κ3) is 3.42. The summed E-state index contributed by atoms with van der Waals surface area (Å²) in [6.45, 7) is 5.61. The van der Waals surface area contributed by atoms with E-state index in [0.717, 1.165) is 25.0 Å². The first-order valence-corrected chi connectivity index (χ1v) is 8.95. The molecule has 1 heterocycles. The van der Waals surface area contributed by atoms with Crippen molar-refractivity contribution in [3.8, 4) is 0 Å². The van der Waals surface area contributed by atoms with E-state index in [1.165, 1.54) is 62.7 Å². The van der Waals surface area contributed by atoms with Gasteiger partial charge in [-0.15, -0.1) is 0 Å². The Bertz CT molecular complexity index is 441. The van der Waals surface area contributed by atoms with Crippen molar-refractivity contribution in [3.05, 3.63) is 29.8 Å². The molecule has 2 atom stereocenters. The molecule has 1 N–H and O–H groups in total. The second kappa shape index (κ2) is 7.31. The van der Waals surface area contributed by atoms with E-state index < -0.39 is 0 Å². The Kier molecular flexibility index (Phi) is 5.18. The molecule has 21 heavy (non-hydrogen) atoms. The fourth-order valence-corrected chi connectivity index (χ4v) is 4.26. The number of anilines is 1. The molecule has 2 nitrogen and oxygen atoms in total. The first kappa shape index (κ1) is 14.9. The molecule has 2 aliphatic rings. The minimum Gasteiger partial charge on any atom is -0.368 e. The van der Waals surface area contributed by atoms with Crippen LogP contribution >= 0.6 is 0 Å². The highest BCUT2D eigenvalue weighted by Crippen LogP contribution is 2.38. The zero-order valence-electron chi connectivity index (χ0n) is 13.5. The van der Waals surface area contributed by atoms with Gasteiger partial charge < -0.3 is 10.2 Å². The van der Waals surface area contributed by atoms with E-state index >= 15 is 0 Å². The van der Waals surface area contributed by atoms with Gasteiger partial charge in [0, 0.05) is 24.8 Å². The van der Waals surface area contributed by atoms with Crippen molar-refractivity contribution in [1.29, 1.82) is 0 Å². The van der Waals surface area contributed by atoms with Crippen LogP contribution in [-0.2, 0) is 6.54 Å². The number of para-hydroxylation sites is 1. The van der Waals surface area contributed by atoms with Gasteiger partial charge in [-0.05, 0) is 56.2 Å². The lowest BCUT2D eigenvalue weighted by atomic mass is 9.78. The molecule has 0 spiro atoms. The Labute approximate surface area is 129 Å². The number of hydrogen-bond acceptors (Lipinski definition) is 2. The van der Waals surface area contributed by atoms with E-state index in [9.17, 15) is 0 Å². The number of fused-ring (bicyclic) bond motifs is 1. The van der Waals surface area contributed by atoms with Crippen molar-refractivity contribution in [1.82, 2.24) is 5.32 Å². The van der Waals surface area contributed by atoms with Crippen LogP contribution < -0.4 is 10.2 Å². The lowest BCUT2D eigenvalue weighted by Crippen LogP contribution is -2.47. The monoisotopic (exact) mass is 286 g/mol. The standard InChI is InChI=1S/C19H30N2/c1-2-13-20-15-17-9-4-6-12-19(17)21-14-7-10-16-8-3-5-11-18(16)21/h4,6,9,12,16,18,20H,2-3,5,7-8,10-11,13-15H2,1H3. The van der Waals surface area contributed by atoms with Crippen molar-refractivity contribution in [2.45, 2.75) is 64.5 Å². The van der Waals surface area contributed by atoms with Crippen LogP contribution in [0.2, 0.25) is 0 Å². The van der Waals surface area contributed by atoms with Crippen LogP contribution in [0.1, 0.15) is 57.4 Å². The highest BCUT2D eigenvalue weighted by atomic mass is 15.2. The molecule has 1 aromatic carbocycles. The summed E-state index contributed by atoms with van der Waals surface area (Å²) in [7, 11) is 0. The number of benzene rings is 1. The maximum atomic E-state index is 3.58. The van der Waals surface area contributed by atoms with Crippen LogP contribution in [-0.4, -0.2) is 19.1 Å². The molecule has 1 saturated carbocycles. The molecule has 1 aliphatic carbocycles. The highest BCUT2D eigenvalue weighted by molar-refractivity contribution is 5.55. The lowest BCUT2D eigenvalue weighted by Gasteiger charge is -2.46. The maximum absolute atomic E-state index is 3.58. The molecular formula is C19H30N2.